The fourth-order valence-corrected chi connectivity index (χ4v) is 2.69. The number of hydrogen-bond acceptors (Lipinski definition) is 4. The Morgan fingerprint density at radius 1 is 1.29 bits per heavy atom. The number of nitrogens with two attached hydrogens (primary N) is 1. The second kappa shape index (κ2) is 13.7. The van der Waals surface area contributed by atoms with Crippen molar-refractivity contribution in [3.63, 3.8) is 0 Å². The summed E-state index contributed by atoms with van der Waals surface area (Å²) in [7, 11) is 1.52. The first kappa shape index (κ1) is 25.7. The van der Waals surface area contributed by atoms with Gasteiger partial charge >= 0.3 is 0 Å². The number of rotatable bonds is 9. The van der Waals surface area contributed by atoms with Crippen molar-refractivity contribution in [1.82, 2.24) is 10.2 Å². The molecule has 0 aliphatic carbocycles. The van der Waals surface area contributed by atoms with E-state index in [4.69, 9.17) is 22.1 Å². The van der Waals surface area contributed by atoms with Crippen LogP contribution in [0.4, 0.5) is 0 Å². The molecule has 0 saturated heterocycles. The third-order valence-electron chi connectivity index (χ3n) is 3.67. The zero-order valence-corrected chi connectivity index (χ0v) is 16.7. The smallest absolute Gasteiger partial charge is 0.239 e. The molecular formula is C16H28Cl3N3O2. The van der Waals surface area contributed by atoms with Crippen molar-refractivity contribution in [2.45, 2.75) is 25.9 Å². The lowest BCUT2D eigenvalue weighted by atomic mass is 10.0. The van der Waals surface area contributed by atoms with E-state index in [0.717, 1.165) is 18.7 Å². The molecule has 8 heteroatoms. The molecule has 1 amide bonds. The van der Waals surface area contributed by atoms with Crippen LogP contribution >= 0.6 is 36.4 Å². The highest BCUT2D eigenvalue weighted by Gasteiger charge is 2.22. The Bertz CT molecular complexity index is 474. The Hall–Kier alpha value is -0.560. The molecule has 0 heterocycles. The first-order chi connectivity index (χ1) is 10.5. The van der Waals surface area contributed by atoms with Crippen LogP contribution in [0.1, 0.15) is 25.5 Å². The lowest BCUT2D eigenvalue weighted by Crippen LogP contribution is -2.46. The Kier molecular flexibility index (Phi) is 14.7. The zero-order chi connectivity index (χ0) is 16.5. The molecule has 0 spiro atoms. The first-order valence-corrected chi connectivity index (χ1v) is 7.93. The average Bonchev–Trinajstić information content (AvgIpc) is 2.52. The number of nitrogens with zero attached hydrogens (tertiary/aromatic N) is 1. The number of benzene rings is 1. The number of amides is 1. The van der Waals surface area contributed by atoms with Crippen molar-refractivity contribution >= 4 is 42.3 Å². The maximum Gasteiger partial charge on any atom is 0.239 e. The van der Waals surface area contributed by atoms with E-state index in [1.165, 1.54) is 7.11 Å². The van der Waals surface area contributed by atoms with Gasteiger partial charge in [-0.1, -0.05) is 43.6 Å². The van der Waals surface area contributed by atoms with E-state index < -0.39 is 6.04 Å². The topological polar surface area (TPSA) is 67.6 Å². The van der Waals surface area contributed by atoms with E-state index in [2.05, 4.69) is 24.1 Å². The van der Waals surface area contributed by atoms with E-state index in [0.29, 0.717) is 11.6 Å². The minimum absolute atomic E-state index is 0. The minimum Gasteiger partial charge on any atom is -0.383 e. The molecule has 140 valence electrons. The van der Waals surface area contributed by atoms with Gasteiger partial charge in [-0.3, -0.25) is 9.69 Å². The molecule has 3 N–H and O–H groups in total. The van der Waals surface area contributed by atoms with Crippen LogP contribution in [0.25, 0.3) is 0 Å². The van der Waals surface area contributed by atoms with Crippen LogP contribution in [0.2, 0.25) is 5.02 Å². The van der Waals surface area contributed by atoms with Gasteiger partial charge in [0.05, 0.1) is 12.6 Å². The summed E-state index contributed by atoms with van der Waals surface area (Å²) in [5.41, 5.74) is 6.75. The summed E-state index contributed by atoms with van der Waals surface area (Å²) in [6, 6.07) is 7.07. The fraction of sp³-hybridized carbons (Fsp3) is 0.562. The summed E-state index contributed by atoms with van der Waals surface area (Å²) in [4.78, 5) is 14.2. The Morgan fingerprint density at radius 2 is 1.88 bits per heavy atom. The summed E-state index contributed by atoms with van der Waals surface area (Å²) in [5.74, 6) is -0.217. The van der Waals surface area contributed by atoms with Crippen molar-refractivity contribution < 1.29 is 9.53 Å². The lowest BCUT2D eigenvalue weighted by molar-refractivity contribution is -0.123. The highest BCUT2D eigenvalue weighted by Crippen LogP contribution is 2.26. The van der Waals surface area contributed by atoms with Crippen LogP contribution in [-0.2, 0) is 9.53 Å². The number of carbonyl (C=O) groups excluding carboxylic acids is 1. The summed E-state index contributed by atoms with van der Waals surface area (Å²) in [6.45, 7) is 6.58. The van der Waals surface area contributed by atoms with Crippen molar-refractivity contribution in [2.24, 2.45) is 5.73 Å². The molecule has 0 saturated carbocycles. The van der Waals surface area contributed by atoms with Gasteiger partial charge in [0, 0.05) is 18.7 Å². The largest absolute Gasteiger partial charge is 0.383 e. The SMILES string of the molecule is CCN(CC)C(CNC(=O)C(N)COC)c1ccccc1Cl.Cl.Cl. The maximum absolute atomic E-state index is 12.0. The van der Waals surface area contributed by atoms with Crippen LogP contribution in [0.3, 0.4) is 0 Å². The van der Waals surface area contributed by atoms with Crippen molar-refractivity contribution in [2.75, 3.05) is 33.4 Å². The van der Waals surface area contributed by atoms with Crippen LogP contribution < -0.4 is 11.1 Å². The van der Waals surface area contributed by atoms with Crippen LogP contribution in [-0.4, -0.2) is 50.2 Å². The number of likely N-dealkylation sites (N-methyl/N-ethyl adjacent to an activating group) is 1. The lowest BCUT2D eigenvalue weighted by Gasteiger charge is -2.31. The predicted molar refractivity (Wildman–Crippen MR) is 104 cm³/mol. The quantitative estimate of drug-likeness (QED) is 0.669. The highest BCUT2D eigenvalue weighted by molar-refractivity contribution is 6.31. The predicted octanol–water partition coefficient (Wildman–Crippen LogP) is 2.66. The number of nitrogens with one attached hydrogen (secondary N) is 1. The normalized spacial score (nSPS) is 12.8. The molecule has 2 unspecified atom stereocenters. The Balaban J connectivity index is 0. The van der Waals surface area contributed by atoms with E-state index in [9.17, 15) is 4.79 Å². The van der Waals surface area contributed by atoms with Gasteiger partial charge in [0.2, 0.25) is 5.91 Å². The van der Waals surface area contributed by atoms with Gasteiger partial charge in [0.25, 0.3) is 0 Å². The van der Waals surface area contributed by atoms with E-state index in [1.54, 1.807) is 0 Å². The number of ether oxygens (including phenoxy) is 1. The summed E-state index contributed by atoms with van der Waals surface area (Å²) >= 11 is 6.32. The number of halogens is 3. The molecule has 2 atom stereocenters. The molecule has 1 aromatic rings. The van der Waals surface area contributed by atoms with E-state index in [-0.39, 0.29) is 43.4 Å². The molecular weight excluding hydrogens is 373 g/mol. The fourth-order valence-electron chi connectivity index (χ4n) is 2.43. The summed E-state index contributed by atoms with van der Waals surface area (Å²) in [6.07, 6.45) is 0. The summed E-state index contributed by atoms with van der Waals surface area (Å²) < 4.78 is 4.91. The zero-order valence-electron chi connectivity index (χ0n) is 14.3. The van der Waals surface area contributed by atoms with Crippen molar-refractivity contribution in [3.05, 3.63) is 34.9 Å². The molecule has 0 fully saturated rings. The minimum atomic E-state index is -0.659. The number of carbonyl (C=O) groups is 1. The molecule has 0 aliphatic rings. The molecule has 0 radical (unpaired) electrons. The molecule has 5 nitrogen and oxygen atoms in total. The Morgan fingerprint density at radius 3 is 2.38 bits per heavy atom. The molecule has 0 bridgehead atoms. The van der Waals surface area contributed by atoms with Crippen molar-refractivity contribution in [3.8, 4) is 0 Å². The van der Waals surface area contributed by atoms with Gasteiger partial charge in [-0.25, -0.2) is 0 Å². The maximum atomic E-state index is 12.0. The second-order valence-electron chi connectivity index (χ2n) is 5.07. The first-order valence-electron chi connectivity index (χ1n) is 7.55. The van der Waals surface area contributed by atoms with Gasteiger partial charge in [0.15, 0.2) is 0 Å². The number of hydrogen-bond donors (Lipinski definition) is 2. The van der Waals surface area contributed by atoms with Crippen LogP contribution in [0.15, 0.2) is 24.3 Å². The molecule has 0 aliphatic heterocycles. The van der Waals surface area contributed by atoms with Gasteiger partial charge in [-0.2, -0.15) is 0 Å². The second-order valence-corrected chi connectivity index (χ2v) is 5.47. The van der Waals surface area contributed by atoms with Gasteiger partial charge < -0.3 is 15.8 Å². The average molecular weight is 401 g/mol. The van der Waals surface area contributed by atoms with Crippen molar-refractivity contribution in [1.29, 1.82) is 0 Å². The van der Waals surface area contributed by atoms with Gasteiger partial charge in [-0.05, 0) is 24.7 Å². The molecule has 0 aromatic heterocycles. The Labute approximate surface area is 162 Å². The third-order valence-corrected chi connectivity index (χ3v) is 4.01. The number of methoxy groups -OCH3 is 1. The molecule has 1 rings (SSSR count). The monoisotopic (exact) mass is 399 g/mol. The summed E-state index contributed by atoms with van der Waals surface area (Å²) in [5, 5.41) is 3.60. The van der Waals surface area contributed by atoms with Crippen LogP contribution in [0.5, 0.6) is 0 Å². The van der Waals surface area contributed by atoms with Gasteiger partial charge in [0.1, 0.15) is 6.04 Å². The molecule has 24 heavy (non-hydrogen) atoms. The highest BCUT2D eigenvalue weighted by atomic mass is 35.5. The molecule has 1 aromatic carbocycles. The van der Waals surface area contributed by atoms with E-state index in [1.807, 2.05) is 24.3 Å². The van der Waals surface area contributed by atoms with E-state index >= 15 is 0 Å². The standard InChI is InChI=1S/C16H26ClN3O2.2ClH/c1-4-20(5-2)15(12-8-6-7-9-13(12)17)10-19-16(21)14(18)11-22-3;;/h6-9,14-15H,4-5,10-11,18H2,1-3H3,(H,19,21);2*1H. The van der Waals surface area contributed by atoms with Crippen LogP contribution in [0, 0.1) is 0 Å². The third kappa shape index (κ3) is 7.55. The van der Waals surface area contributed by atoms with Gasteiger partial charge in [-0.15, -0.1) is 24.8 Å².